The summed E-state index contributed by atoms with van der Waals surface area (Å²) in [6.07, 6.45) is 1.48. The summed E-state index contributed by atoms with van der Waals surface area (Å²) in [7, 11) is 0. The maximum Gasteiger partial charge on any atom is 0.224 e. The van der Waals surface area contributed by atoms with Crippen LogP contribution < -0.4 is 5.32 Å². The van der Waals surface area contributed by atoms with Gasteiger partial charge in [-0.2, -0.15) is 0 Å². The molecule has 0 aromatic heterocycles. The van der Waals surface area contributed by atoms with Crippen LogP contribution in [0, 0.1) is 12.8 Å². The molecule has 0 bridgehead atoms. The maximum absolute atomic E-state index is 12.1. The molecule has 1 aliphatic heterocycles. The number of benzene rings is 1. The number of nitrogens with one attached hydrogen (secondary N) is 1. The Bertz CT molecular complexity index is 455. The van der Waals surface area contributed by atoms with Gasteiger partial charge >= 0.3 is 0 Å². The van der Waals surface area contributed by atoms with Gasteiger partial charge in [0, 0.05) is 23.0 Å². The Balaban J connectivity index is 1.89. The molecule has 0 unspecified atom stereocenters. The van der Waals surface area contributed by atoms with Crippen LogP contribution in [0.1, 0.15) is 24.5 Å². The van der Waals surface area contributed by atoms with E-state index in [1.54, 1.807) is 0 Å². The van der Waals surface area contributed by atoms with Crippen molar-refractivity contribution < 1.29 is 9.53 Å². The van der Waals surface area contributed by atoms with E-state index in [1.807, 2.05) is 25.1 Å². The third kappa shape index (κ3) is 4.05. The number of aryl methyl sites for hydroxylation is 1. The standard InChI is InChI=1S/C15H20BrNO2/c1-10-7-14(16)4-3-12(10)8-15(18)17-11(2)13-5-6-19-9-13/h3-4,7,11,13H,5-6,8-9H2,1-2H3,(H,17,18)/t11-,13+/m0/s1. The largest absolute Gasteiger partial charge is 0.381 e. The highest BCUT2D eigenvalue weighted by Crippen LogP contribution is 2.18. The van der Waals surface area contributed by atoms with E-state index in [4.69, 9.17) is 4.74 Å². The lowest BCUT2D eigenvalue weighted by Gasteiger charge is -2.19. The molecule has 0 radical (unpaired) electrons. The third-order valence-corrected chi connectivity index (χ3v) is 4.21. The average Bonchev–Trinajstić information content (AvgIpc) is 2.86. The predicted octanol–water partition coefficient (Wildman–Crippen LogP) is 2.84. The Morgan fingerprint density at radius 2 is 2.37 bits per heavy atom. The summed E-state index contributed by atoms with van der Waals surface area (Å²) in [5, 5.41) is 3.08. The van der Waals surface area contributed by atoms with Gasteiger partial charge in [-0.3, -0.25) is 4.79 Å². The second-order valence-corrected chi connectivity index (χ2v) is 6.14. The summed E-state index contributed by atoms with van der Waals surface area (Å²) in [5.41, 5.74) is 2.22. The number of amides is 1. The summed E-state index contributed by atoms with van der Waals surface area (Å²) < 4.78 is 6.40. The Hall–Kier alpha value is -0.870. The van der Waals surface area contributed by atoms with Crippen molar-refractivity contribution in [2.45, 2.75) is 32.7 Å². The monoisotopic (exact) mass is 325 g/mol. The maximum atomic E-state index is 12.1. The Kier molecular flexibility index (Phi) is 4.99. The fourth-order valence-corrected chi connectivity index (χ4v) is 2.88. The highest BCUT2D eigenvalue weighted by Gasteiger charge is 2.23. The zero-order chi connectivity index (χ0) is 13.8. The van der Waals surface area contributed by atoms with Gasteiger partial charge in [0.1, 0.15) is 0 Å². The van der Waals surface area contributed by atoms with E-state index in [2.05, 4.69) is 28.2 Å². The lowest BCUT2D eigenvalue weighted by atomic mass is 10.00. The van der Waals surface area contributed by atoms with Crippen molar-refractivity contribution >= 4 is 21.8 Å². The first-order chi connectivity index (χ1) is 9.06. The highest BCUT2D eigenvalue weighted by atomic mass is 79.9. The van der Waals surface area contributed by atoms with Gasteiger partial charge in [0.25, 0.3) is 0 Å². The zero-order valence-electron chi connectivity index (χ0n) is 11.4. The predicted molar refractivity (Wildman–Crippen MR) is 79.1 cm³/mol. The topological polar surface area (TPSA) is 38.3 Å². The molecular formula is C15H20BrNO2. The molecule has 4 heteroatoms. The summed E-state index contributed by atoms with van der Waals surface area (Å²) >= 11 is 3.43. The van der Waals surface area contributed by atoms with Crippen molar-refractivity contribution in [3.05, 3.63) is 33.8 Å². The fourth-order valence-electron chi connectivity index (χ4n) is 2.40. The Morgan fingerprint density at radius 3 is 3.00 bits per heavy atom. The first-order valence-corrected chi connectivity index (χ1v) is 7.47. The van der Waals surface area contributed by atoms with E-state index in [0.29, 0.717) is 12.3 Å². The smallest absolute Gasteiger partial charge is 0.224 e. The number of rotatable bonds is 4. The molecule has 2 rings (SSSR count). The molecule has 1 heterocycles. The first kappa shape index (κ1) is 14.5. The SMILES string of the molecule is Cc1cc(Br)ccc1CC(=O)N[C@@H](C)[C@@H]1CCOC1. The van der Waals surface area contributed by atoms with Crippen LogP contribution in [0.5, 0.6) is 0 Å². The summed E-state index contributed by atoms with van der Waals surface area (Å²) in [5.74, 6) is 0.541. The quantitative estimate of drug-likeness (QED) is 0.924. The van der Waals surface area contributed by atoms with E-state index in [9.17, 15) is 4.79 Å². The second-order valence-electron chi connectivity index (χ2n) is 5.23. The normalized spacial score (nSPS) is 20.3. The number of carbonyl (C=O) groups is 1. The molecule has 1 aliphatic rings. The van der Waals surface area contributed by atoms with Gasteiger partial charge in [0.2, 0.25) is 5.91 Å². The van der Waals surface area contributed by atoms with Crippen molar-refractivity contribution in [1.29, 1.82) is 0 Å². The van der Waals surface area contributed by atoms with E-state index < -0.39 is 0 Å². The van der Waals surface area contributed by atoms with Crippen LogP contribution >= 0.6 is 15.9 Å². The minimum absolute atomic E-state index is 0.0878. The third-order valence-electron chi connectivity index (χ3n) is 3.72. The van der Waals surface area contributed by atoms with E-state index in [0.717, 1.165) is 35.2 Å². The zero-order valence-corrected chi connectivity index (χ0v) is 13.0. The minimum Gasteiger partial charge on any atom is -0.381 e. The molecule has 3 nitrogen and oxygen atoms in total. The minimum atomic E-state index is 0.0878. The molecule has 19 heavy (non-hydrogen) atoms. The van der Waals surface area contributed by atoms with Crippen molar-refractivity contribution in [3.8, 4) is 0 Å². The van der Waals surface area contributed by atoms with E-state index in [1.165, 1.54) is 0 Å². The Labute approximate surface area is 122 Å². The molecule has 1 aromatic rings. The van der Waals surface area contributed by atoms with Crippen LogP contribution in [0.3, 0.4) is 0 Å². The van der Waals surface area contributed by atoms with Gasteiger partial charge < -0.3 is 10.1 Å². The summed E-state index contributed by atoms with van der Waals surface area (Å²) in [4.78, 5) is 12.1. The summed E-state index contributed by atoms with van der Waals surface area (Å²) in [6.45, 7) is 5.67. The molecule has 1 saturated heterocycles. The number of halogens is 1. The molecule has 1 fully saturated rings. The summed E-state index contributed by atoms with van der Waals surface area (Å²) in [6, 6.07) is 6.20. The molecule has 1 N–H and O–H groups in total. The average molecular weight is 326 g/mol. The molecule has 2 atom stereocenters. The van der Waals surface area contributed by atoms with Gasteiger partial charge in [-0.15, -0.1) is 0 Å². The number of ether oxygens (including phenoxy) is 1. The lowest BCUT2D eigenvalue weighted by Crippen LogP contribution is -2.39. The molecule has 0 saturated carbocycles. The molecular weight excluding hydrogens is 306 g/mol. The number of carbonyl (C=O) groups excluding carboxylic acids is 1. The van der Waals surface area contributed by atoms with E-state index in [-0.39, 0.29) is 11.9 Å². The van der Waals surface area contributed by atoms with Crippen molar-refractivity contribution in [3.63, 3.8) is 0 Å². The second kappa shape index (κ2) is 6.53. The molecule has 0 spiro atoms. The van der Waals surface area contributed by atoms with Gasteiger partial charge in [-0.1, -0.05) is 22.0 Å². The molecule has 1 amide bonds. The van der Waals surface area contributed by atoms with Crippen LogP contribution in [0.4, 0.5) is 0 Å². The van der Waals surface area contributed by atoms with Crippen LogP contribution in [-0.4, -0.2) is 25.2 Å². The van der Waals surface area contributed by atoms with Gasteiger partial charge in [-0.25, -0.2) is 0 Å². The Morgan fingerprint density at radius 1 is 1.58 bits per heavy atom. The highest BCUT2D eigenvalue weighted by molar-refractivity contribution is 9.10. The van der Waals surface area contributed by atoms with Crippen LogP contribution in [0.2, 0.25) is 0 Å². The van der Waals surface area contributed by atoms with E-state index >= 15 is 0 Å². The van der Waals surface area contributed by atoms with Crippen LogP contribution in [-0.2, 0) is 16.0 Å². The van der Waals surface area contributed by atoms with Crippen LogP contribution in [0.25, 0.3) is 0 Å². The number of hydrogen-bond acceptors (Lipinski definition) is 2. The van der Waals surface area contributed by atoms with Gasteiger partial charge in [-0.05, 0) is 43.5 Å². The molecule has 1 aromatic carbocycles. The fraction of sp³-hybridized carbons (Fsp3) is 0.533. The van der Waals surface area contributed by atoms with Crippen molar-refractivity contribution in [2.75, 3.05) is 13.2 Å². The first-order valence-electron chi connectivity index (χ1n) is 6.68. The molecule has 104 valence electrons. The van der Waals surface area contributed by atoms with Crippen molar-refractivity contribution in [2.24, 2.45) is 5.92 Å². The van der Waals surface area contributed by atoms with Gasteiger partial charge in [0.15, 0.2) is 0 Å². The van der Waals surface area contributed by atoms with Crippen LogP contribution in [0.15, 0.2) is 22.7 Å². The molecule has 0 aliphatic carbocycles. The van der Waals surface area contributed by atoms with Gasteiger partial charge in [0.05, 0.1) is 13.0 Å². The number of hydrogen-bond donors (Lipinski definition) is 1. The lowest BCUT2D eigenvalue weighted by molar-refractivity contribution is -0.121. The van der Waals surface area contributed by atoms with Crippen molar-refractivity contribution in [1.82, 2.24) is 5.32 Å².